The van der Waals surface area contributed by atoms with Crippen LogP contribution in [-0.2, 0) is 0 Å². The number of rotatable bonds is 3. The number of hydrogen-bond donors (Lipinski definition) is 1. The molecule has 1 aliphatic rings. The molecule has 104 valence electrons. The van der Waals surface area contributed by atoms with Crippen LogP contribution in [0.2, 0.25) is 5.02 Å². The van der Waals surface area contributed by atoms with E-state index in [-0.39, 0.29) is 16.5 Å². The lowest BCUT2D eigenvalue weighted by Gasteiger charge is -2.33. The minimum Gasteiger partial charge on any atom is -0.338 e. The van der Waals surface area contributed by atoms with Gasteiger partial charge in [0.2, 0.25) is 0 Å². The Morgan fingerprint density at radius 3 is 3.05 bits per heavy atom. The lowest BCUT2D eigenvalue weighted by atomic mass is 9.97. The molecular formula is C14H18ClFN2O. The molecule has 1 heterocycles. The van der Waals surface area contributed by atoms with Gasteiger partial charge in [-0.1, -0.05) is 17.7 Å². The molecule has 1 fully saturated rings. The van der Waals surface area contributed by atoms with Crippen molar-refractivity contribution in [1.29, 1.82) is 0 Å². The zero-order valence-corrected chi connectivity index (χ0v) is 11.7. The highest BCUT2D eigenvalue weighted by atomic mass is 35.5. The first-order valence-corrected chi connectivity index (χ1v) is 6.89. The predicted molar refractivity (Wildman–Crippen MR) is 74.0 cm³/mol. The lowest BCUT2D eigenvalue weighted by Crippen LogP contribution is -2.42. The van der Waals surface area contributed by atoms with Crippen LogP contribution in [0, 0.1) is 11.7 Å². The molecule has 0 bridgehead atoms. The van der Waals surface area contributed by atoms with Crippen molar-refractivity contribution in [2.24, 2.45) is 5.92 Å². The van der Waals surface area contributed by atoms with E-state index in [9.17, 15) is 9.18 Å². The summed E-state index contributed by atoms with van der Waals surface area (Å²) in [6.45, 7) is 2.20. The summed E-state index contributed by atoms with van der Waals surface area (Å²) in [5.74, 6) is -0.426. The molecule has 1 aromatic rings. The van der Waals surface area contributed by atoms with Gasteiger partial charge in [-0.05, 0) is 44.5 Å². The normalized spacial score (nSPS) is 19.5. The maximum atomic E-state index is 13.8. The van der Waals surface area contributed by atoms with Gasteiger partial charge in [0.1, 0.15) is 5.82 Å². The number of amides is 1. The zero-order chi connectivity index (χ0) is 13.8. The number of carbonyl (C=O) groups is 1. The Kier molecular flexibility index (Phi) is 4.77. The zero-order valence-electron chi connectivity index (χ0n) is 11.0. The summed E-state index contributed by atoms with van der Waals surface area (Å²) in [5.41, 5.74) is -0.00530. The van der Waals surface area contributed by atoms with Gasteiger partial charge in [0, 0.05) is 13.1 Å². The van der Waals surface area contributed by atoms with Crippen molar-refractivity contribution in [1.82, 2.24) is 10.2 Å². The molecule has 1 aliphatic heterocycles. The van der Waals surface area contributed by atoms with Crippen LogP contribution in [0.4, 0.5) is 4.39 Å². The number of likely N-dealkylation sites (tertiary alicyclic amines) is 1. The molecule has 5 heteroatoms. The van der Waals surface area contributed by atoms with E-state index in [2.05, 4.69) is 5.32 Å². The van der Waals surface area contributed by atoms with E-state index in [1.807, 2.05) is 7.05 Å². The van der Waals surface area contributed by atoms with E-state index in [1.54, 1.807) is 11.0 Å². The van der Waals surface area contributed by atoms with Crippen molar-refractivity contribution in [2.45, 2.75) is 12.8 Å². The molecule has 1 amide bonds. The third-order valence-corrected chi connectivity index (χ3v) is 3.79. The van der Waals surface area contributed by atoms with E-state index < -0.39 is 5.82 Å². The molecule has 1 N–H and O–H groups in total. The molecule has 3 nitrogen and oxygen atoms in total. The number of hydrogen-bond acceptors (Lipinski definition) is 2. The van der Waals surface area contributed by atoms with Crippen molar-refractivity contribution in [3.63, 3.8) is 0 Å². The molecule has 1 aromatic carbocycles. The standard InChI is InChI=1S/C14H18ClFN2O/c1-17-8-10-4-3-7-18(9-10)14(19)13-11(15)5-2-6-12(13)16/h2,5-6,10,17H,3-4,7-9H2,1H3. The molecule has 0 aliphatic carbocycles. The summed E-state index contributed by atoms with van der Waals surface area (Å²) in [6, 6.07) is 4.33. The minimum atomic E-state index is -0.548. The van der Waals surface area contributed by atoms with Crippen molar-refractivity contribution >= 4 is 17.5 Å². The van der Waals surface area contributed by atoms with Crippen LogP contribution in [0.25, 0.3) is 0 Å². The quantitative estimate of drug-likeness (QED) is 0.925. The topological polar surface area (TPSA) is 32.3 Å². The van der Waals surface area contributed by atoms with Gasteiger partial charge in [0.25, 0.3) is 5.91 Å². The third kappa shape index (κ3) is 3.25. The summed E-state index contributed by atoms with van der Waals surface area (Å²) in [4.78, 5) is 14.1. The highest BCUT2D eigenvalue weighted by molar-refractivity contribution is 6.33. The molecular weight excluding hydrogens is 267 g/mol. The number of nitrogens with one attached hydrogen (secondary N) is 1. The Hall–Kier alpha value is -1.13. The summed E-state index contributed by atoms with van der Waals surface area (Å²) in [5, 5.41) is 3.30. The van der Waals surface area contributed by atoms with Crippen molar-refractivity contribution in [3.05, 3.63) is 34.6 Å². The van der Waals surface area contributed by atoms with Crippen LogP contribution >= 0.6 is 11.6 Å². The Labute approximate surface area is 117 Å². The minimum absolute atomic E-state index is 0.00530. The Morgan fingerprint density at radius 1 is 1.58 bits per heavy atom. The fourth-order valence-corrected chi connectivity index (χ4v) is 2.81. The van der Waals surface area contributed by atoms with Gasteiger partial charge >= 0.3 is 0 Å². The summed E-state index contributed by atoms with van der Waals surface area (Å²) in [7, 11) is 1.90. The smallest absolute Gasteiger partial charge is 0.258 e. The Balaban J connectivity index is 2.15. The highest BCUT2D eigenvalue weighted by Gasteiger charge is 2.27. The second-order valence-corrected chi connectivity index (χ2v) is 5.32. The van der Waals surface area contributed by atoms with E-state index in [1.165, 1.54) is 12.1 Å². The van der Waals surface area contributed by atoms with Crippen LogP contribution in [0.15, 0.2) is 18.2 Å². The first kappa shape index (κ1) is 14.3. The van der Waals surface area contributed by atoms with Crippen LogP contribution in [0.5, 0.6) is 0 Å². The van der Waals surface area contributed by atoms with E-state index in [0.717, 1.165) is 19.4 Å². The van der Waals surface area contributed by atoms with Crippen LogP contribution in [0.3, 0.4) is 0 Å². The lowest BCUT2D eigenvalue weighted by molar-refractivity contribution is 0.0669. The molecule has 2 rings (SSSR count). The summed E-state index contributed by atoms with van der Waals surface area (Å²) >= 11 is 5.94. The molecule has 0 aromatic heterocycles. The SMILES string of the molecule is CNCC1CCCN(C(=O)c2c(F)cccc2Cl)C1. The average Bonchev–Trinajstić information content (AvgIpc) is 2.39. The number of nitrogens with zero attached hydrogens (tertiary/aromatic N) is 1. The average molecular weight is 285 g/mol. The van der Waals surface area contributed by atoms with Gasteiger partial charge in [-0.2, -0.15) is 0 Å². The summed E-state index contributed by atoms with van der Waals surface area (Å²) in [6.07, 6.45) is 2.04. The van der Waals surface area contributed by atoms with Gasteiger partial charge in [0.05, 0.1) is 10.6 Å². The maximum Gasteiger partial charge on any atom is 0.258 e. The molecule has 0 spiro atoms. The fraction of sp³-hybridized carbons (Fsp3) is 0.500. The second kappa shape index (κ2) is 6.35. The molecule has 19 heavy (non-hydrogen) atoms. The highest BCUT2D eigenvalue weighted by Crippen LogP contribution is 2.24. The maximum absolute atomic E-state index is 13.8. The number of carbonyl (C=O) groups excluding carboxylic acids is 1. The molecule has 1 atom stereocenters. The van der Waals surface area contributed by atoms with Gasteiger partial charge in [-0.15, -0.1) is 0 Å². The molecule has 0 radical (unpaired) electrons. The van der Waals surface area contributed by atoms with Gasteiger partial charge < -0.3 is 10.2 Å². The predicted octanol–water partition coefficient (Wildman–Crippen LogP) is 2.55. The number of piperidine rings is 1. The van der Waals surface area contributed by atoms with Gasteiger partial charge in [0.15, 0.2) is 0 Å². The monoisotopic (exact) mass is 284 g/mol. The van der Waals surface area contributed by atoms with Crippen molar-refractivity contribution < 1.29 is 9.18 Å². The summed E-state index contributed by atoms with van der Waals surface area (Å²) < 4.78 is 13.8. The number of halogens is 2. The van der Waals surface area contributed by atoms with E-state index in [0.29, 0.717) is 19.0 Å². The Bertz CT molecular complexity index is 445. The van der Waals surface area contributed by atoms with Gasteiger partial charge in [-0.3, -0.25) is 4.79 Å². The van der Waals surface area contributed by atoms with Crippen LogP contribution in [-0.4, -0.2) is 37.5 Å². The van der Waals surface area contributed by atoms with Crippen molar-refractivity contribution in [2.75, 3.05) is 26.7 Å². The fourth-order valence-electron chi connectivity index (χ4n) is 2.57. The number of benzene rings is 1. The van der Waals surface area contributed by atoms with E-state index in [4.69, 9.17) is 11.6 Å². The second-order valence-electron chi connectivity index (χ2n) is 4.91. The Morgan fingerprint density at radius 2 is 2.37 bits per heavy atom. The van der Waals surface area contributed by atoms with E-state index >= 15 is 0 Å². The first-order valence-electron chi connectivity index (χ1n) is 6.51. The van der Waals surface area contributed by atoms with Gasteiger partial charge in [-0.25, -0.2) is 4.39 Å². The van der Waals surface area contributed by atoms with Crippen LogP contribution in [0.1, 0.15) is 23.2 Å². The largest absolute Gasteiger partial charge is 0.338 e. The molecule has 1 saturated heterocycles. The first-order chi connectivity index (χ1) is 9.13. The van der Waals surface area contributed by atoms with Crippen molar-refractivity contribution in [3.8, 4) is 0 Å². The van der Waals surface area contributed by atoms with Crippen LogP contribution < -0.4 is 5.32 Å². The third-order valence-electron chi connectivity index (χ3n) is 3.48. The molecule has 1 unspecified atom stereocenters. The molecule has 0 saturated carbocycles.